The van der Waals surface area contributed by atoms with E-state index in [9.17, 15) is 0 Å². The summed E-state index contributed by atoms with van der Waals surface area (Å²) in [4.78, 5) is 0. The zero-order valence-electron chi connectivity index (χ0n) is 9.18. The van der Waals surface area contributed by atoms with Gasteiger partial charge in [-0.1, -0.05) is 0 Å². The van der Waals surface area contributed by atoms with E-state index in [-0.39, 0.29) is 0 Å². The molecule has 0 aromatic carbocycles. The number of halogens is 1. The molecule has 4 nitrogen and oxygen atoms in total. The Bertz CT molecular complexity index is 462. The predicted molar refractivity (Wildman–Crippen MR) is 63.4 cm³/mol. The van der Waals surface area contributed by atoms with Gasteiger partial charge in [0.05, 0.1) is 12.4 Å². The Kier molecular flexibility index (Phi) is 3.33. The van der Waals surface area contributed by atoms with Gasteiger partial charge in [0.1, 0.15) is 12.4 Å². The van der Waals surface area contributed by atoms with Crippen LogP contribution in [0.25, 0.3) is 0 Å². The van der Waals surface area contributed by atoms with Gasteiger partial charge < -0.3 is 9.15 Å². The highest BCUT2D eigenvalue weighted by atomic mass is 79.9. The van der Waals surface area contributed by atoms with Crippen LogP contribution in [0.2, 0.25) is 0 Å². The first kappa shape index (κ1) is 11.3. The fourth-order valence-electron chi connectivity index (χ4n) is 1.26. The van der Waals surface area contributed by atoms with E-state index in [1.807, 2.05) is 23.0 Å². The Morgan fingerprint density at radius 1 is 1.50 bits per heavy atom. The van der Waals surface area contributed by atoms with Gasteiger partial charge in [-0.2, -0.15) is 5.10 Å². The molecule has 0 aliphatic carbocycles. The summed E-state index contributed by atoms with van der Waals surface area (Å²) < 4.78 is 13.4. The molecule has 0 bridgehead atoms. The maximum atomic E-state index is 5.54. The van der Waals surface area contributed by atoms with Crippen LogP contribution in [0, 0.1) is 0 Å². The Hall–Kier alpha value is -1.23. The fraction of sp³-hybridized carbons (Fsp3) is 0.364. The van der Waals surface area contributed by atoms with E-state index >= 15 is 0 Å². The van der Waals surface area contributed by atoms with E-state index in [1.54, 1.807) is 6.20 Å². The molecule has 0 unspecified atom stereocenters. The van der Waals surface area contributed by atoms with Gasteiger partial charge >= 0.3 is 0 Å². The van der Waals surface area contributed by atoms with Gasteiger partial charge in [0, 0.05) is 6.04 Å². The standard InChI is InChI=1S/C11H13BrN2O2/c1-8(2)14-6-10(5-13-14)15-7-9-3-4-11(12)16-9/h3-6,8H,7H2,1-2H3. The average molecular weight is 285 g/mol. The molecule has 2 aromatic heterocycles. The van der Waals surface area contributed by atoms with Crippen LogP contribution in [-0.2, 0) is 6.61 Å². The minimum absolute atomic E-state index is 0.343. The van der Waals surface area contributed by atoms with Crippen LogP contribution in [0.4, 0.5) is 0 Å². The van der Waals surface area contributed by atoms with Crippen molar-refractivity contribution in [2.45, 2.75) is 26.5 Å². The van der Waals surface area contributed by atoms with Gasteiger partial charge in [0.15, 0.2) is 10.4 Å². The molecule has 86 valence electrons. The third-order valence-corrected chi connectivity index (χ3v) is 2.54. The molecule has 0 N–H and O–H groups in total. The largest absolute Gasteiger partial charge is 0.482 e. The minimum Gasteiger partial charge on any atom is -0.482 e. The van der Waals surface area contributed by atoms with E-state index in [1.165, 1.54) is 0 Å². The lowest BCUT2D eigenvalue weighted by atomic mass is 10.4. The van der Waals surface area contributed by atoms with E-state index in [2.05, 4.69) is 34.9 Å². The number of hydrogen-bond acceptors (Lipinski definition) is 3. The molecule has 0 fully saturated rings. The highest BCUT2D eigenvalue weighted by Gasteiger charge is 2.04. The van der Waals surface area contributed by atoms with Crippen molar-refractivity contribution in [2.75, 3.05) is 0 Å². The second-order valence-electron chi connectivity index (χ2n) is 3.74. The lowest BCUT2D eigenvalue weighted by Crippen LogP contribution is -2.00. The molecule has 5 heteroatoms. The van der Waals surface area contributed by atoms with Gasteiger partial charge in [-0.15, -0.1) is 0 Å². The SMILES string of the molecule is CC(C)n1cc(OCc2ccc(Br)o2)cn1. The van der Waals surface area contributed by atoms with Crippen LogP contribution in [0.3, 0.4) is 0 Å². The monoisotopic (exact) mass is 284 g/mol. The summed E-state index contributed by atoms with van der Waals surface area (Å²) in [5.74, 6) is 1.53. The Morgan fingerprint density at radius 3 is 2.88 bits per heavy atom. The molecule has 0 radical (unpaired) electrons. The summed E-state index contributed by atoms with van der Waals surface area (Å²) in [6.45, 7) is 4.55. The van der Waals surface area contributed by atoms with E-state index in [0.717, 1.165) is 11.5 Å². The number of nitrogens with zero attached hydrogens (tertiary/aromatic N) is 2. The normalized spacial score (nSPS) is 11.0. The molecule has 2 rings (SSSR count). The molecule has 2 aromatic rings. The molecule has 0 saturated carbocycles. The maximum Gasteiger partial charge on any atom is 0.169 e. The van der Waals surface area contributed by atoms with Crippen molar-refractivity contribution >= 4 is 15.9 Å². The number of furan rings is 1. The van der Waals surface area contributed by atoms with Crippen LogP contribution < -0.4 is 4.74 Å². The Balaban J connectivity index is 1.94. The molecule has 16 heavy (non-hydrogen) atoms. The first-order valence-electron chi connectivity index (χ1n) is 5.06. The zero-order chi connectivity index (χ0) is 11.5. The van der Waals surface area contributed by atoms with Gasteiger partial charge in [-0.25, -0.2) is 0 Å². The summed E-state index contributed by atoms with van der Waals surface area (Å²) in [7, 11) is 0. The van der Waals surface area contributed by atoms with Crippen LogP contribution in [0.15, 0.2) is 33.6 Å². The number of rotatable bonds is 4. The minimum atomic E-state index is 0.343. The maximum absolute atomic E-state index is 5.54. The quantitative estimate of drug-likeness (QED) is 0.864. The second kappa shape index (κ2) is 4.74. The molecule has 2 heterocycles. The van der Waals surface area contributed by atoms with Gasteiger partial charge in [0.25, 0.3) is 0 Å². The summed E-state index contributed by atoms with van der Waals surface area (Å²) >= 11 is 3.24. The summed E-state index contributed by atoms with van der Waals surface area (Å²) in [6.07, 6.45) is 3.58. The Labute approximate surface area is 102 Å². The van der Waals surface area contributed by atoms with Gasteiger partial charge in [0.2, 0.25) is 0 Å². The van der Waals surface area contributed by atoms with Crippen molar-refractivity contribution in [3.63, 3.8) is 0 Å². The highest BCUT2D eigenvalue weighted by molar-refractivity contribution is 9.10. The predicted octanol–water partition coefficient (Wildman–Crippen LogP) is 3.40. The molecular formula is C11H13BrN2O2. The summed E-state index contributed by atoms with van der Waals surface area (Å²) in [6, 6.07) is 4.06. The number of hydrogen-bond donors (Lipinski definition) is 0. The summed E-state index contributed by atoms with van der Waals surface area (Å²) in [5, 5.41) is 4.18. The lowest BCUT2D eigenvalue weighted by molar-refractivity contribution is 0.267. The topological polar surface area (TPSA) is 40.2 Å². The molecule has 0 saturated heterocycles. The van der Waals surface area contributed by atoms with E-state index in [4.69, 9.17) is 9.15 Å². The molecule has 0 spiro atoms. The molecule has 0 aliphatic rings. The first-order chi connectivity index (χ1) is 7.65. The van der Waals surface area contributed by atoms with Crippen LogP contribution in [0.5, 0.6) is 5.75 Å². The molecule has 0 atom stereocenters. The molecule has 0 amide bonds. The van der Waals surface area contributed by atoms with E-state index in [0.29, 0.717) is 17.3 Å². The lowest BCUT2D eigenvalue weighted by Gasteiger charge is -2.03. The zero-order valence-corrected chi connectivity index (χ0v) is 10.8. The number of ether oxygens (including phenoxy) is 1. The van der Waals surface area contributed by atoms with Crippen molar-refractivity contribution in [1.82, 2.24) is 9.78 Å². The van der Waals surface area contributed by atoms with Gasteiger partial charge in [-0.3, -0.25) is 4.68 Å². The Morgan fingerprint density at radius 2 is 2.31 bits per heavy atom. The number of aromatic nitrogens is 2. The summed E-state index contributed by atoms with van der Waals surface area (Å²) in [5.41, 5.74) is 0. The fourth-order valence-corrected chi connectivity index (χ4v) is 1.60. The third-order valence-electron chi connectivity index (χ3n) is 2.12. The van der Waals surface area contributed by atoms with Crippen molar-refractivity contribution < 1.29 is 9.15 Å². The van der Waals surface area contributed by atoms with Crippen LogP contribution >= 0.6 is 15.9 Å². The third kappa shape index (κ3) is 2.66. The highest BCUT2D eigenvalue weighted by Crippen LogP contribution is 2.17. The molecular weight excluding hydrogens is 272 g/mol. The average Bonchev–Trinajstić information content (AvgIpc) is 2.83. The van der Waals surface area contributed by atoms with Crippen molar-refractivity contribution in [1.29, 1.82) is 0 Å². The van der Waals surface area contributed by atoms with Crippen molar-refractivity contribution in [3.05, 3.63) is 35.0 Å². The molecule has 0 aliphatic heterocycles. The van der Waals surface area contributed by atoms with E-state index < -0.39 is 0 Å². The smallest absolute Gasteiger partial charge is 0.169 e. The van der Waals surface area contributed by atoms with Crippen LogP contribution in [-0.4, -0.2) is 9.78 Å². The van der Waals surface area contributed by atoms with Crippen LogP contribution in [0.1, 0.15) is 25.6 Å². The van der Waals surface area contributed by atoms with Gasteiger partial charge in [-0.05, 0) is 41.9 Å². The van der Waals surface area contributed by atoms with Crippen molar-refractivity contribution in [2.24, 2.45) is 0 Å². The van der Waals surface area contributed by atoms with Crippen molar-refractivity contribution in [3.8, 4) is 5.75 Å². The first-order valence-corrected chi connectivity index (χ1v) is 5.85. The second-order valence-corrected chi connectivity index (χ2v) is 4.53.